The van der Waals surface area contributed by atoms with Gasteiger partial charge < -0.3 is 15.4 Å². The van der Waals surface area contributed by atoms with E-state index in [1.54, 1.807) is 18.4 Å². The highest BCUT2D eigenvalue weighted by molar-refractivity contribution is 14.0. The molecule has 26 heavy (non-hydrogen) atoms. The predicted octanol–water partition coefficient (Wildman–Crippen LogP) is 4.17. The van der Waals surface area contributed by atoms with Gasteiger partial charge in [-0.3, -0.25) is 4.99 Å². The highest BCUT2D eigenvalue weighted by Gasteiger charge is 2.06. The van der Waals surface area contributed by atoms with Gasteiger partial charge in [0.2, 0.25) is 0 Å². The molecule has 0 saturated carbocycles. The molecule has 0 saturated heterocycles. The van der Waals surface area contributed by atoms with E-state index in [1.165, 1.54) is 16.0 Å². The number of rotatable bonds is 8. The van der Waals surface area contributed by atoms with E-state index in [4.69, 9.17) is 4.74 Å². The highest BCUT2D eigenvalue weighted by atomic mass is 127. The monoisotopic (exact) mass is 488 g/mol. The Kier molecular flexibility index (Phi) is 10.8. The second-order valence-electron chi connectivity index (χ2n) is 5.85. The maximum atomic E-state index is 5.68. The van der Waals surface area contributed by atoms with E-state index in [1.807, 2.05) is 13.0 Å². The molecule has 5 nitrogen and oxygen atoms in total. The van der Waals surface area contributed by atoms with Crippen LogP contribution in [-0.2, 0) is 24.4 Å². The van der Waals surface area contributed by atoms with Crippen molar-refractivity contribution in [2.45, 2.75) is 46.9 Å². The second-order valence-corrected chi connectivity index (χ2v) is 7.14. The lowest BCUT2D eigenvalue weighted by Crippen LogP contribution is -2.36. The van der Waals surface area contributed by atoms with Gasteiger partial charge in [0.15, 0.2) is 5.96 Å². The van der Waals surface area contributed by atoms with Crippen molar-refractivity contribution in [3.05, 3.63) is 51.0 Å². The molecule has 2 rings (SSSR count). The third-order valence-electron chi connectivity index (χ3n) is 3.87. The third kappa shape index (κ3) is 7.20. The minimum Gasteiger partial charge on any atom is -0.377 e. The van der Waals surface area contributed by atoms with Crippen molar-refractivity contribution in [2.24, 2.45) is 4.99 Å². The lowest BCUT2D eigenvalue weighted by molar-refractivity contribution is 0.121. The third-order valence-corrected chi connectivity index (χ3v) is 4.95. The summed E-state index contributed by atoms with van der Waals surface area (Å²) in [5.41, 5.74) is 3.54. The van der Waals surface area contributed by atoms with Gasteiger partial charge in [-0.1, -0.05) is 31.2 Å². The molecule has 1 aromatic carbocycles. The number of guanidine groups is 1. The van der Waals surface area contributed by atoms with Crippen LogP contribution in [0.2, 0.25) is 0 Å². The Morgan fingerprint density at radius 3 is 2.46 bits per heavy atom. The van der Waals surface area contributed by atoms with Crippen molar-refractivity contribution in [2.75, 3.05) is 13.7 Å². The van der Waals surface area contributed by atoms with Gasteiger partial charge in [0.05, 0.1) is 18.8 Å². The summed E-state index contributed by atoms with van der Waals surface area (Å²) in [6.45, 7) is 9.09. The van der Waals surface area contributed by atoms with E-state index in [0.29, 0.717) is 19.7 Å². The number of hydrogen-bond acceptors (Lipinski definition) is 4. The molecule has 0 aliphatic heterocycles. The molecule has 144 valence electrons. The number of nitrogens with zero attached hydrogens (tertiary/aromatic N) is 2. The molecule has 1 aromatic heterocycles. The zero-order valence-electron chi connectivity index (χ0n) is 16.0. The van der Waals surface area contributed by atoms with Gasteiger partial charge in [-0.05, 0) is 31.4 Å². The van der Waals surface area contributed by atoms with Crippen LogP contribution in [0.5, 0.6) is 0 Å². The number of aromatic nitrogens is 1. The first-order valence-electron chi connectivity index (χ1n) is 8.66. The summed E-state index contributed by atoms with van der Waals surface area (Å²) in [5.74, 6) is 0.773. The molecule has 7 heteroatoms. The summed E-state index contributed by atoms with van der Waals surface area (Å²) in [5, 5.41) is 7.77. The Morgan fingerprint density at radius 2 is 1.85 bits per heavy atom. The van der Waals surface area contributed by atoms with Crippen LogP contribution in [0, 0.1) is 13.8 Å². The van der Waals surface area contributed by atoms with Crippen molar-refractivity contribution < 1.29 is 4.74 Å². The molecule has 0 amide bonds. The molecule has 0 spiro atoms. The fourth-order valence-electron chi connectivity index (χ4n) is 2.37. The minimum atomic E-state index is 0. The van der Waals surface area contributed by atoms with E-state index in [-0.39, 0.29) is 24.0 Å². The Labute approximate surface area is 177 Å². The Hall–Kier alpha value is -1.19. The Morgan fingerprint density at radius 1 is 1.15 bits per heavy atom. The number of aryl methyl sites for hydroxylation is 2. The molecule has 2 N–H and O–H groups in total. The van der Waals surface area contributed by atoms with E-state index >= 15 is 0 Å². The summed E-state index contributed by atoms with van der Waals surface area (Å²) in [6, 6.07) is 8.34. The fraction of sp³-hybridized carbons (Fsp3) is 0.474. The number of benzene rings is 1. The van der Waals surface area contributed by atoms with Crippen LogP contribution in [0.1, 0.15) is 40.1 Å². The number of aliphatic imine (C=N–C) groups is 1. The Bertz CT molecular complexity index is 683. The first kappa shape index (κ1) is 22.9. The number of nitrogens with one attached hydrogen (secondary N) is 2. The van der Waals surface area contributed by atoms with Crippen molar-refractivity contribution in [3.63, 3.8) is 0 Å². The van der Waals surface area contributed by atoms with Crippen LogP contribution in [0.15, 0.2) is 29.3 Å². The second kappa shape index (κ2) is 12.2. The number of ether oxygens (including phenoxy) is 1. The van der Waals surface area contributed by atoms with Crippen LogP contribution in [0.4, 0.5) is 0 Å². The van der Waals surface area contributed by atoms with Crippen molar-refractivity contribution >= 4 is 41.3 Å². The van der Waals surface area contributed by atoms with Crippen LogP contribution in [0.25, 0.3) is 0 Å². The van der Waals surface area contributed by atoms with Crippen LogP contribution < -0.4 is 10.6 Å². The average Bonchev–Trinajstić information content (AvgIpc) is 2.94. The molecule has 1 heterocycles. The summed E-state index contributed by atoms with van der Waals surface area (Å²) < 4.78 is 5.68. The molecule has 0 bridgehead atoms. The van der Waals surface area contributed by atoms with E-state index in [9.17, 15) is 0 Å². The van der Waals surface area contributed by atoms with Crippen LogP contribution in [-0.4, -0.2) is 24.6 Å². The summed E-state index contributed by atoms with van der Waals surface area (Å²) >= 11 is 1.72. The standard InChI is InChI=1S/C19H28N4OS.HI/c1-5-10-24-13-17-9-7-6-8-16(17)11-21-19(20-4)22-12-18-23-14(2)15(3)25-18;/h6-9H,5,10-13H2,1-4H3,(H2,20,21,22);1H. The number of hydrogen-bond donors (Lipinski definition) is 2. The first-order chi connectivity index (χ1) is 12.1. The molecular weight excluding hydrogens is 459 g/mol. The van der Waals surface area contributed by atoms with E-state index in [0.717, 1.165) is 29.7 Å². The van der Waals surface area contributed by atoms with E-state index in [2.05, 4.69) is 52.7 Å². The zero-order chi connectivity index (χ0) is 18.1. The number of thiazole rings is 1. The molecule has 0 atom stereocenters. The fourth-order valence-corrected chi connectivity index (χ4v) is 3.24. The van der Waals surface area contributed by atoms with Gasteiger partial charge in [0, 0.05) is 25.1 Å². The first-order valence-corrected chi connectivity index (χ1v) is 9.47. The largest absolute Gasteiger partial charge is 0.377 e. The summed E-state index contributed by atoms with van der Waals surface area (Å²) in [4.78, 5) is 10.1. The maximum Gasteiger partial charge on any atom is 0.191 e. The highest BCUT2D eigenvalue weighted by Crippen LogP contribution is 2.16. The normalized spacial score (nSPS) is 11.2. The van der Waals surface area contributed by atoms with Crippen LogP contribution >= 0.6 is 35.3 Å². The molecule has 0 aliphatic carbocycles. The van der Waals surface area contributed by atoms with Gasteiger partial charge in [0.25, 0.3) is 0 Å². The predicted molar refractivity (Wildman–Crippen MR) is 120 cm³/mol. The van der Waals surface area contributed by atoms with Gasteiger partial charge in [-0.25, -0.2) is 4.98 Å². The maximum absolute atomic E-state index is 5.68. The van der Waals surface area contributed by atoms with Gasteiger partial charge in [0.1, 0.15) is 5.01 Å². The quantitative estimate of drug-likeness (QED) is 0.254. The van der Waals surface area contributed by atoms with E-state index < -0.39 is 0 Å². The minimum absolute atomic E-state index is 0. The SMILES string of the molecule is CCCOCc1ccccc1CNC(=NC)NCc1nc(C)c(C)s1.I. The van der Waals surface area contributed by atoms with Crippen molar-refractivity contribution in [1.82, 2.24) is 15.6 Å². The Balaban J connectivity index is 0.00000338. The summed E-state index contributed by atoms with van der Waals surface area (Å²) in [6.07, 6.45) is 1.03. The molecular formula is C19H29IN4OS. The molecule has 0 fully saturated rings. The number of halogens is 1. The molecule has 2 aromatic rings. The van der Waals surface area contributed by atoms with Crippen molar-refractivity contribution in [1.29, 1.82) is 0 Å². The average molecular weight is 488 g/mol. The zero-order valence-corrected chi connectivity index (χ0v) is 19.1. The summed E-state index contributed by atoms with van der Waals surface area (Å²) in [7, 11) is 1.78. The van der Waals surface area contributed by atoms with Gasteiger partial charge in [-0.2, -0.15) is 0 Å². The molecule has 0 unspecified atom stereocenters. The van der Waals surface area contributed by atoms with Gasteiger partial charge >= 0.3 is 0 Å². The van der Waals surface area contributed by atoms with Crippen LogP contribution in [0.3, 0.4) is 0 Å². The van der Waals surface area contributed by atoms with Gasteiger partial charge in [-0.15, -0.1) is 35.3 Å². The topological polar surface area (TPSA) is 58.5 Å². The lowest BCUT2D eigenvalue weighted by atomic mass is 10.1. The van der Waals surface area contributed by atoms with Crippen molar-refractivity contribution in [3.8, 4) is 0 Å². The molecule has 0 radical (unpaired) electrons. The lowest BCUT2D eigenvalue weighted by Gasteiger charge is -2.14. The molecule has 0 aliphatic rings. The smallest absolute Gasteiger partial charge is 0.191 e.